The Hall–Kier alpha value is -2.25. The molecule has 1 aromatic carbocycles. The minimum absolute atomic E-state index is 0.141. The van der Waals surface area contributed by atoms with Crippen molar-refractivity contribution < 1.29 is 14.1 Å². The van der Waals surface area contributed by atoms with E-state index < -0.39 is 0 Å². The molecule has 0 aliphatic carbocycles. The number of piperazine rings is 1. The van der Waals surface area contributed by atoms with Crippen LogP contribution in [-0.2, 0) is 16.1 Å². The van der Waals surface area contributed by atoms with Crippen LogP contribution in [0.25, 0.3) is 11.4 Å². The Kier molecular flexibility index (Phi) is 4.99. The standard InChI is InChI=1S/C19H24N4O3/c1-14-5-2-3-6-15(14)18-20-17(26-21-18)13-22-8-10-23(11-9-22)19(24)16-7-4-12-25-16/h2-3,5-6,16H,4,7-13H2,1H3/t16-/m1/s1. The van der Waals surface area contributed by atoms with E-state index in [9.17, 15) is 4.79 Å². The Balaban J connectivity index is 1.32. The summed E-state index contributed by atoms with van der Waals surface area (Å²) < 4.78 is 10.9. The molecule has 2 aliphatic heterocycles. The molecule has 2 fully saturated rings. The van der Waals surface area contributed by atoms with Gasteiger partial charge in [-0.15, -0.1) is 0 Å². The van der Waals surface area contributed by atoms with Gasteiger partial charge in [-0.1, -0.05) is 29.4 Å². The maximum Gasteiger partial charge on any atom is 0.251 e. The molecule has 7 heteroatoms. The SMILES string of the molecule is Cc1ccccc1-c1noc(CN2CCN(C(=O)[C@H]3CCCO3)CC2)n1. The van der Waals surface area contributed by atoms with E-state index in [0.29, 0.717) is 24.9 Å². The monoisotopic (exact) mass is 356 g/mol. The van der Waals surface area contributed by atoms with Gasteiger partial charge in [-0.05, 0) is 25.3 Å². The largest absolute Gasteiger partial charge is 0.368 e. The van der Waals surface area contributed by atoms with E-state index in [-0.39, 0.29) is 12.0 Å². The van der Waals surface area contributed by atoms with Gasteiger partial charge in [0.15, 0.2) is 0 Å². The lowest BCUT2D eigenvalue weighted by molar-refractivity contribution is -0.142. The second-order valence-corrected chi connectivity index (χ2v) is 6.93. The van der Waals surface area contributed by atoms with Crippen LogP contribution in [0.3, 0.4) is 0 Å². The highest BCUT2D eigenvalue weighted by molar-refractivity contribution is 5.81. The lowest BCUT2D eigenvalue weighted by atomic mass is 10.1. The highest BCUT2D eigenvalue weighted by atomic mass is 16.5. The Bertz CT molecular complexity index is 762. The van der Waals surface area contributed by atoms with Crippen molar-refractivity contribution >= 4 is 5.91 Å². The molecule has 1 amide bonds. The predicted molar refractivity (Wildman–Crippen MR) is 95.3 cm³/mol. The summed E-state index contributed by atoms with van der Waals surface area (Å²) >= 11 is 0. The summed E-state index contributed by atoms with van der Waals surface area (Å²) in [5.74, 6) is 1.38. The molecule has 0 radical (unpaired) electrons. The summed E-state index contributed by atoms with van der Waals surface area (Å²) in [5, 5.41) is 4.11. The molecular formula is C19H24N4O3. The number of amides is 1. The average Bonchev–Trinajstić information content (AvgIpc) is 3.34. The fourth-order valence-corrected chi connectivity index (χ4v) is 3.55. The lowest BCUT2D eigenvalue weighted by Crippen LogP contribution is -2.51. The second kappa shape index (κ2) is 7.55. The van der Waals surface area contributed by atoms with Crippen LogP contribution >= 0.6 is 0 Å². The summed E-state index contributed by atoms with van der Waals surface area (Å²) in [4.78, 5) is 21.1. The molecule has 0 spiro atoms. The summed E-state index contributed by atoms with van der Waals surface area (Å²) in [6, 6.07) is 8.01. The van der Waals surface area contributed by atoms with Crippen molar-refractivity contribution in [2.75, 3.05) is 32.8 Å². The number of aromatic nitrogens is 2. The van der Waals surface area contributed by atoms with Crippen LogP contribution in [0.2, 0.25) is 0 Å². The number of benzene rings is 1. The molecule has 7 nitrogen and oxygen atoms in total. The quantitative estimate of drug-likeness (QED) is 0.833. The average molecular weight is 356 g/mol. The first-order chi connectivity index (χ1) is 12.7. The van der Waals surface area contributed by atoms with Crippen LogP contribution in [0.5, 0.6) is 0 Å². The molecule has 0 saturated carbocycles. The molecule has 2 aliphatic rings. The first-order valence-corrected chi connectivity index (χ1v) is 9.22. The van der Waals surface area contributed by atoms with Crippen molar-refractivity contribution in [1.82, 2.24) is 19.9 Å². The number of carbonyl (C=O) groups is 1. The Morgan fingerprint density at radius 2 is 2.04 bits per heavy atom. The van der Waals surface area contributed by atoms with Gasteiger partial charge < -0.3 is 14.2 Å². The van der Waals surface area contributed by atoms with Gasteiger partial charge in [0.2, 0.25) is 11.7 Å². The number of nitrogens with zero attached hydrogens (tertiary/aromatic N) is 4. The summed E-state index contributed by atoms with van der Waals surface area (Å²) in [5.41, 5.74) is 2.12. The molecule has 26 heavy (non-hydrogen) atoms. The molecule has 0 N–H and O–H groups in total. The van der Waals surface area contributed by atoms with Crippen molar-refractivity contribution in [2.24, 2.45) is 0 Å². The van der Waals surface area contributed by atoms with Crippen molar-refractivity contribution in [1.29, 1.82) is 0 Å². The molecule has 2 aromatic rings. The highest BCUT2D eigenvalue weighted by Gasteiger charge is 2.30. The minimum atomic E-state index is -0.228. The fraction of sp³-hybridized carbons (Fsp3) is 0.526. The third kappa shape index (κ3) is 3.64. The van der Waals surface area contributed by atoms with Gasteiger partial charge in [0.05, 0.1) is 6.54 Å². The molecule has 138 valence electrons. The molecule has 4 rings (SSSR count). The molecule has 2 saturated heterocycles. The molecule has 1 aromatic heterocycles. The van der Waals surface area contributed by atoms with Crippen LogP contribution in [0.4, 0.5) is 0 Å². The van der Waals surface area contributed by atoms with E-state index in [4.69, 9.17) is 9.26 Å². The van der Waals surface area contributed by atoms with E-state index in [0.717, 1.165) is 50.1 Å². The molecule has 0 unspecified atom stereocenters. The van der Waals surface area contributed by atoms with E-state index in [1.54, 1.807) is 0 Å². The van der Waals surface area contributed by atoms with E-state index in [2.05, 4.69) is 15.0 Å². The van der Waals surface area contributed by atoms with Gasteiger partial charge in [0, 0.05) is 38.3 Å². The minimum Gasteiger partial charge on any atom is -0.368 e. The first-order valence-electron chi connectivity index (χ1n) is 9.22. The first kappa shape index (κ1) is 17.2. The van der Waals surface area contributed by atoms with Crippen molar-refractivity contribution in [3.8, 4) is 11.4 Å². The predicted octanol–water partition coefficient (Wildman–Crippen LogP) is 1.87. The Morgan fingerprint density at radius 1 is 1.23 bits per heavy atom. The second-order valence-electron chi connectivity index (χ2n) is 6.93. The van der Waals surface area contributed by atoms with E-state index >= 15 is 0 Å². The van der Waals surface area contributed by atoms with Crippen LogP contribution in [0.1, 0.15) is 24.3 Å². The van der Waals surface area contributed by atoms with Crippen LogP contribution in [-0.4, -0.2) is 64.7 Å². The fourth-order valence-electron chi connectivity index (χ4n) is 3.55. The third-order valence-corrected chi connectivity index (χ3v) is 5.10. The smallest absolute Gasteiger partial charge is 0.251 e. The summed E-state index contributed by atoms with van der Waals surface area (Å²) in [7, 11) is 0. The van der Waals surface area contributed by atoms with Crippen molar-refractivity contribution in [2.45, 2.75) is 32.4 Å². The zero-order valence-corrected chi connectivity index (χ0v) is 15.1. The number of ether oxygens (including phenoxy) is 1. The van der Waals surface area contributed by atoms with Gasteiger partial charge in [0.1, 0.15) is 6.10 Å². The van der Waals surface area contributed by atoms with E-state index in [1.165, 1.54) is 0 Å². The summed E-state index contributed by atoms with van der Waals surface area (Å²) in [6.07, 6.45) is 1.61. The van der Waals surface area contributed by atoms with Gasteiger partial charge in [-0.2, -0.15) is 4.98 Å². The van der Waals surface area contributed by atoms with Crippen molar-refractivity contribution in [3.63, 3.8) is 0 Å². The number of carbonyl (C=O) groups excluding carboxylic acids is 1. The zero-order chi connectivity index (χ0) is 17.9. The maximum atomic E-state index is 12.4. The number of aryl methyl sites for hydroxylation is 1. The lowest BCUT2D eigenvalue weighted by Gasteiger charge is -2.35. The Morgan fingerprint density at radius 3 is 2.77 bits per heavy atom. The van der Waals surface area contributed by atoms with Gasteiger partial charge in [0.25, 0.3) is 5.91 Å². The van der Waals surface area contributed by atoms with Gasteiger partial charge in [-0.3, -0.25) is 9.69 Å². The number of rotatable bonds is 4. The van der Waals surface area contributed by atoms with Crippen LogP contribution in [0, 0.1) is 6.92 Å². The highest BCUT2D eigenvalue weighted by Crippen LogP contribution is 2.21. The maximum absolute atomic E-state index is 12.4. The molecule has 0 bridgehead atoms. The topological polar surface area (TPSA) is 71.7 Å². The number of hydrogen-bond acceptors (Lipinski definition) is 6. The molecular weight excluding hydrogens is 332 g/mol. The van der Waals surface area contributed by atoms with Crippen LogP contribution in [0.15, 0.2) is 28.8 Å². The molecule has 1 atom stereocenters. The van der Waals surface area contributed by atoms with Gasteiger partial charge in [-0.25, -0.2) is 0 Å². The third-order valence-electron chi connectivity index (χ3n) is 5.10. The normalized spacial score (nSPS) is 21.3. The number of hydrogen-bond donors (Lipinski definition) is 0. The van der Waals surface area contributed by atoms with Crippen LogP contribution < -0.4 is 0 Å². The summed E-state index contributed by atoms with van der Waals surface area (Å²) in [6.45, 7) is 6.41. The van der Waals surface area contributed by atoms with E-state index in [1.807, 2.05) is 36.1 Å². The van der Waals surface area contributed by atoms with Crippen molar-refractivity contribution in [3.05, 3.63) is 35.7 Å². The van der Waals surface area contributed by atoms with Gasteiger partial charge >= 0.3 is 0 Å². The molecule has 3 heterocycles. The Labute approximate surface area is 152 Å². The zero-order valence-electron chi connectivity index (χ0n) is 15.1.